The van der Waals surface area contributed by atoms with Crippen LogP contribution in [0.3, 0.4) is 0 Å². The van der Waals surface area contributed by atoms with Crippen LogP contribution in [0.1, 0.15) is 62.5 Å². The van der Waals surface area contributed by atoms with E-state index < -0.39 is 17.4 Å². The van der Waals surface area contributed by atoms with Crippen LogP contribution >= 0.6 is 0 Å². The summed E-state index contributed by atoms with van der Waals surface area (Å²) in [5.74, 6) is 0.348. The van der Waals surface area contributed by atoms with Crippen molar-refractivity contribution < 1.29 is 19.0 Å². The average Bonchev–Trinajstić information content (AvgIpc) is 3.08. The monoisotopic (exact) mass is 410 g/mol. The number of aliphatic hydroxyl groups is 1. The van der Waals surface area contributed by atoms with Gasteiger partial charge in [-0.25, -0.2) is 4.39 Å². The van der Waals surface area contributed by atoms with Crippen molar-refractivity contribution in [3.63, 3.8) is 0 Å². The minimum atomic E-state index is -1.64. The van der Waals surface area contributed by atoms with Crippen molar-refractivity contribution in [2.75, 3.05) is 6.61 Å². The van der Waals surface area contributed by atoms with Gasteiger partial charge >= 0.3 is 0 Å². The van der Waals surface area contributed by atoms with Crippen LogP contribution in [0.2, 0.25) is 0 Å². The molecule has 2 aromatic carbocycles. The number of ether oxygens (including phenoxy) is 1. The van der Waals surface area contributed by atoms with Crippen LogP contribution in [-0.4, -0.2) is 28.3 Å². The molecule has 30 heavy (non-hydrogen) atoms. The Hall–Kier alpha value is -2.73. The molecule has 6 heteroatoms. The summed E-state index contributed by atoms with van der Waals surface area (Å²) in [4.78, 5) is 12.8. The Balaban J connectivity index is 1.41. The molecule has 0 spiro atoms. The molecule has 2 aromatic rings. The largest absolute Gasteiger partial charge is 0.484 e. The van der Waals surface area contributed by atoms with Gasteiger partial charge in [0.25, 0.3) is 5.91 Å². The molecule has 158 valence electrons. The van der Waals surface area contributed by atoms with Gasteiger partial charge in [0.2, 0.25) is 0 Å². The molecular weight excluding hydrogens is 383 g/mol. The summed E-state index contributed by atoms with van der Waals surface area (Å²) >= 11 is 0. The molecule has 4 rings (SSSR count). The van der Waals surface area contributed by atoms with Crippen LogP contribution in [0.15, 0.2) is 53.6 Å². The number of benzene rings is 2. The van der Waals surface area contributed by atoms with Gasteiger partial charge in [0.15, 0.2) is 12.3 Å². The number of hydrogen-bond acceptors (Lipinski definition) is 4. The molecule has 0 radical (unpaired) electrons. The molecule has 5 nitrogen and oxygen atoms in total. The standard InChI is InChI=1S/C24H27FN2O3/c1-17-15-24(29,20-9-11-21(25)12-10-20)27(26-17)23(28)16-30-22-13-7-19(8-14-22)18-5-3-2-4-6-18/h7-14,18,29H,2-6,15-16H2,1H3/t24-/m0/s1. The number of hydrogen-bond donors (Lipinski definition) is 1. The van der Waals surface area contributed by atoms with Gasteiger partial charge in [0.05, 0.1) is 0 Å². The second-order valence-electron chi connectivity index (χ2n) is 8.23. The van der Waals surface area contributed by atoms with Gasteiger partial charge in [-0.15, -0.1) is 0 Å². The van der Waals surface area contributed by atoms with Crippen molar-refractivity contribution in [2.24, 2.45) is 5.10 Å². The molecule has 1 aliphatic carbocycles. The number of amides is 1. The molecule has 1 N–H and O–H groups in total. The van der Waals surface area contributed by atoms with E-state index in [1.807, 2.05) is 12.1 Å². The molecule has 0 bridgehead atoms. The smallest absolute Gasteiger partial charge is 0.283 e. The first-order valence-corrected chi connectivity index (χ1v) is 10.5. The van der Waals surface area contributed by atoms with Crippen LogP contribution in [0.4, 0.5) is 4.39 Å². The molecule has 2 aliphatic rings. The fourth-order valence-electron chi connectivity index (χ4n) is 4.40. The van der Waals surface area contributed by atoms with Crippen LogP contribution in [0.5, 0.6) is 5.75 Å². The maximum atomic E-state index is 13.3. The number of carbonyl (C=O) groups excluding carboxylic acids is 1. The van der Waals surface area contributed by atoms with E-state index in [-0.39, 0.29) is 13.0 Å². The third-order valence-electron chi connectivity index (χ3n) is 5.99. The van der Waals surface area contributed by atoms with Crippen LogP contribution in [0.25, 0.3) is 0 Å². The summed E-state index contributed by atoms with van der Waals surface area (Å²) in [5, 5.41) is 16.4. The molecule has 1 atom stereocenters. The third-order valence-corrected chi connectivity index (χ3v) is 5.99. The van der Waals surface area contributed by atoms with Gasteiger partial charge in [0.1, 0.15) is 11.6 Å². The Kier molecular flexibility index (Phi) is 5.86. The van der Waals surface area contributed by atoms with E-state index in [2.05, 4.69) is 17.2 Å². The first kappa shape index (κ1) is 20.5. The lowest BCUT2D eigenvalue weighted by Gasteiger charge is -2.31. The van der Waals surface area contributed by atoms with Gasteiger partial charge < -0.3 is 9.84 Å². The highest BCUT2D eigenvalue weighted by molar-refractivity contribution is 5.89. The molecule has 0 unspecified atom stereocenters. The van der Waals surface area contributed by atoms with Gasteiger partial charge in [-0.3, -0.25) is 4.79 Å². The molecule has 1 aliphatic heterocycles. The summed E-state index contributed by atoms with van der Waals surface area (Å²) in [6.07, 6.45) is 6.51. The lowest BCUT2D eigenvalue weighted by atomic mass is 9.84. The van der Waals surface area contributed by atoms with Gasteiger partial charge in [-0.2, -0.15) is 10.1 Å². The van der Waals surface area contributed by atoms with Crippen LogP contribution in [-0.2, 0) is 10.5 Å². The molecule has 1 amide bonds. The summed E-state index contributed by atoms with van der Waals surface area (Å²) in [7, 11) is 0. The summed E-state index contributed by atoms with van der Waals surface area (Å²) in [6, 6.07) is 13.4. The van der Waals surface area contributed by atoms with E-state index in [9.17, 15) is 14.3 Å². The van der Waals surface area contributed by atoms with E-state index in [1.54, 1.807) is 6.92 Å². The van der Waals surface area contributed by atoms with Crippen molar-refractivity contribution >= 4 is 11.6 Å². The Morgan fingerprint density at radius 3 is 2.47 bits per heavy atom. The zero-order chi connectivity index (χ0) is 21.1. The third kappa shape index (κ3) is 4.24. The average molecular weight is 410 g/mol. The quantitative estimate of drug-likeness (QED) is 0.777. The van der Waals surface area contributed by atoms with Crippen molar-refractivity contribution in [3.8, 4) is 5.75 Å². The van der Waals surface area contributed by atoms with Crippen LogP contribution < -0.4 is 4.74 Å². The highest BCUT2D eigenvalue weighted by atomic mass is 19.1. The highest BCUT2D eigenvalue weighted by Crippen LogP contribution is 2.36. The maximum Gasteiger partial charge on any atom is 0.283 e. The fourth-order valence-corrected chi connectivity index (χ4v) is 4.40. The normalized spacial score (nSPS) is 22.1. The van der Waals surface area contributed by atoms with E-state index in [0.29, 0.717) is 22.9 Å². The summed E-state index contributed by atoms with van der Waals surface area (Å²) in [5.41, 5.74) is 0.712. The molecule has 1 heterocycles. The van der Waals surface area contributed by atoms with Crippen molar-refractivity contribution in [2.45, 2.75) is 57.1 Å². The first-order valence-electron chi connectivity index (χ1n) is 10.5. The van der Waals surface area contributed by atoms with Crippen molar-refractivity contribution in [3.05, 3.63) is 65.5 Å². The Bertz CT molecular complexity index is 920. The van der Waals surface area contributed by atoms with E-state index in [4.69, 9.17) is 4.74 Å². The lowest BCUT2D eigenvalue weighted by Crippen LogP contribution is -2.45. The highest BCUT2D eigenvalue weighted by Gasteiger charge is 2.44. The van der Waals surface area contributed by atoms with Gasteiger partial charge in [-0.1, -0.05) is 43.5 Å². The predicted molar refractivity (Wildman–Crippen MR) is 113 cm³/mol. The predicted octanol–water partition coefficient (Wildman–Crippen LogP) is 4.71. The van der Waals surface area contributed by atoms with Gasteiger partial charge in [-0.05, 0) is 55.5 Å². The number of hydrazone groups is 1. The molecular formula is C24H27FN2O3. The number of halogens is 1. The lowest BCUT2D eigenvalue weighted by molar-refractivity contribution is -0.159. The Morgan fingerprint density at radius 2 is 1.80 bits per heavy atom. The fraction of sp³-hybridized carbons (Fsp3) is 0.417. The molecule has 1 fully saturated rings. The summed E-state index contributed by atoms with van der Waals surface area (Å²) in [6.45, 7) is 1.50. The Labute approximate surface area is 176 Å². The van der Waals surface area contributed by atoms with Crippen molar-refractivity contribution in [1.82, 2.24) is 5.01 Å². The zero-order valence-electron chi connectivity index (χ0n) is 17.2. The SMILES string of the molecule is CC1=NN(C(=O)COc2ccc(C3CCCCC3)cc2)[C@@](O)(c2ccc(F)cc2)C1. The van der Waals surface area contributed by atoms with Gasteiger partial charge in [0, 0.05) is 17.7 Å². The van der Waals surface area contributed by atoms with Crippen molar-refractivity contribution in [1.29, 1.82) is 0 Å². The van der Waals surface area contributed by atoms with E-state index in [0.717, 1.165) is 5.01 Å². The van der Waals surface area contributed by atoms with E-state index in [1.165, 1.54) is 61.9 Å². The topological polar surface area (TPSA) is 62.1 Å². The second kappa shape index (κ2) is 8.56. The van der Waals surface area contributed by atoms with Crippen LogP contribution in [0, 0.1) is 5.82 Å². The molecule has 1 saturated carbocycles. The number of nitrogens with zero attached hydrogens (tertiary/aromatic N) is 2. The summed E-state index contributed by atoms with van der Waals surface area (Å²) < 4.78 is 19.0. The minimum absolute atomic E-state index is 0.167. The minimum Gasteiger partial charge on any atom is -0.484 e. The molecule has 0 saturated heterocycles. The zero-order valence-corrected chi connectivity index (χ0v) is 17.2. The first-order chi connectivity index (χ1) is 14.5. The van der Waals surface area contributed by atoms with E-state index >= 15 is 0 Å². The second-order valence-corrected chi connectivity index (χ2v) is 8.23. The number of rotatable bonds is 5. The number of carbonyl (C=O) groups is 1. The molecule has 0 aromatic heterocycles. The maximum absolute atomic E-state index is 13.3. The Morgan fingerprint density at radius 1 is 1.13 bits per heavy atom.